The Kier molecular flexibility index (Phi) is 7.41. The van der Waals surface area contributed by atoms with Gasteiger partial charge in [0.2, 0.25) is 0 Å². The fourth-order valence-corrected chi connectivity index (χ4v) is 6.15. The molecule has 1 aliphatic heterocycles. The first-order valence-corrected chi connectivity index (χ1v) is 12.2. The number of sulfonamides is 1. The van der Waals surface area contributed by atoms with Crippen LogP contribution >= 0.6 is 34.5 Å². The zero-order valence-electron chi connectivity index (χ0n) is 16.1. The van der Waals surface area contributed by atoms with Crippen molar-refractivity contribution in [3.8, 4) is 0 Å². The Balaban J connectivity index is 1.50. The molecule has 11 heteroatoms. The second-order valence-corrected chi connectivity index (χ2v) is 10.7. The first kappa shape index (κ1) is 23.0. The Hall–Kier alpha value is -1.65. The molecule has 1 N–H and O–H groups in total. The number of amides is 1. The van der Waals surface area contributed by atoms with Crippen LogP contribution in [0.15, 0.2) is 33.9 Å². The third kappa shape index (κ3) is 5.15. The molecule has 0 spiro atoms. The molecular weight excluding hydrogens is 471 g/mol. The number of hydrogen-bond donors (Lipinski definition) is 1. The highest BCUT2D eigenvalue weighted by Gasteiger charge is 2.33. The van der Waals surface area contributed by atoms with Crippen LogP contribution in [0.4, 0.5) is 5.69 Å². The summed E-state index contributed by atoms with van der Waals surface area (Å²) in [6, 6.07) is 6.59. The number of esters is 1. The molecule has 0 unspecified atom stereocenters. The zero-order chi connectivity index (χ0) is 21.9. The molecule has 0 bridgehead atoms. The molecule has 2 heterocycles. The van der Waals surface area contributed by atoms with E-state index in [2.05, 4.69) is 5.32 Å². The molecule has 30 heavy (non-hydrogen) atoms. The van der Waals surface area contributed by atoms with E-state index in [4.69, 9.17) is 27.9 Å². The molecule has 0 radical (unpaired) electrons. The largest absolute Gasteiger partial charge is 0.455 e. The van der Waals surface area contributed by atoms with Gasteiger partial charge in [-0.1, -0.05) is 35.3 Å². The van der Waals surface area contributed by atoms with E-state index in [-0.39, 0.29) is 28.0 Å². The number of carbonyl (C=O) groups is 2. The van der Waals surface area contributed by atoms with Gasteiger partial charge in [-0.3, -0.25) is 9.59 Å². The van der Waals surface area contributed by atoms with Crippen LogP contribution in [0.5, 0.6) is 0 Å². The molecule has 1 amide bonds. The van der Waals surface area contributed by atoms with Crippen molar-refractivity contribution >= 4 is 62.1 Å². The van der Waals surface area contributed by atoms with E-state index < -0.39 is 34.4 Å². The molecule has 3 rings (SSSR count). The third-order valence-corrected chi connectivity index (χ3v) is 8.84. The van der Waals surface area contributed by atoms with Gasteiger partial charge < -0.3 is 10.1 Å². The van der Waals surface area contributed by atoms with Crippen molar-refractivity contribution in [1.82, 2.24) is 4.31 Å². The van der Waals surface area contributed by atoms with E-state index in [9.17, 15) is 18.0 Å². The predicted molar refractivity (Wildman–Crippen MR) is 117 cm³/mol. The van der Waals surface area contributed by atoms with Crippen LogP contribution in [0.3, 0.4) is 0 Å². The van der Waals surface area contributed by atoms with Crippen LogP contribution in [0.1, 0.15) is 18.4 Å². The third-order valence-electron chi connectivity index (χ3n) is 4.77. The number of nitrogens with one attached hydrogen (secondary N) is 1. The fraction of sp³-hybridized carbons (Fsp3) is 0.368. The molecule has 7 nitrogen and oxygen atoms in total. The number of nitrogens with zero attached hydrogens (tertiary/aromatic N) is 1. The summed E-state index contributed by atoms with van der Waals surface area (Å²) in [5, 5.41) is 4.86. The van der Waals surface area contributed by atoms with E-state index in [0.29, 0.717) is 17.9 Å². The van der Waals surface area contributed by atoms with Gasteiger partial charge in [0.05, 0.1) is 21.7 Å². The minimum Gasteiger partial charge on any atom is -0.455 e. The number of thiophene rings is 1. The molecule has 0 atom stereocenters. The summed E-state index contributed by atoms with van der Waals surface area (Å²) in [5.74, 6) is -1.55. The highest BCUT2D eigenvalue weighted by Crippen LogP contribution is 2.33. The lowest BCUT2D eigenvalue weighted by atomic mass is 9.98. The first-order chi connectivity index (χ1) is 14.2. The molecule has 1 fully saturated rings. The van der Waals surface area contributed by atoms with Crippen LogP contribution in [0.25, 0.3) is 0 Å². The Morgan fingerprint density at radius 1 is 1.23 bits per heavy atom. The average Bonchev–Trinajstić information content (AvgIpc) is 3.28. The van der Waals surface area contributed by atoms with Crippen LogP contribution in [-0.2, 0) is 24.3 Å². The van der Waals surface area contributed by atoms with Gasteiger partial charge in [-0.15, -0.1) is 11.3 Å². The number of carbonyl (C=O) groups excluding carboxylic acids is 2. The number of halogens is 2. The van der Waals surface area contributed by atoms with Gasteiger partial charge in [0.1, 0.15) is 4.21 Å². The van der Waals surface area contributed by atoms with Gasteiger partial charge >= 0.3 is 5.97 Å². The number of anilines is 1. The lowest BCUT2D eigenvalue weighted by Crippen LogP contribution is -2.40. The fourth-order valence-electron chi connectivity index (χ4n) is 3.07. The molecule has 162 valence electrons. The van der Waals surface area contributed by atoms with E-state index in [0.717, 1.165) is 16.9 Å². The standard InChI is InChI=1S/C19H20Cl2N2O5S2/c1-12-4-5-14(20)18(17(12)21)22-15(24)11-28-19(25)13-6-8-23(9-7-13)30(26,27)16-3-2-10-29-16/h2-5,10,13H,6-9,11H2,1H3,(H,22,24). The van der Waals surface area contributed by atoms with Crippen LogP contribution in [0.2, 0.25) is 10.0 Å². The highest BCUT2D eigenvalue weighted by atomic mass is 35.5. The van der Waals surface area contributed by atoms with Gasteiger partial charge in [-0.2, -0.15) is 4.31 Å². The monoisotopic (exact) mass is 490 g/mol. The number of rotatable bonds is 6. The highest BCUT2D eigenvalue weighted by molar-refractivity contribution is 7.91. The Bertz CT molecular complexity index is 1030. The van der Waals surface area contributed by atoms with Crippen molar-refractivity contribution in [3.05, 3.63) is 45.3 Å². The van der Waals surface area contributed by atoms with Gasteiger partial charge in [0.25, 0.3) is 15.9 Å². The molecule has 1 aliphatic rings. The van der Waals surface area contributed by atoms with E-state index >= 15 is 0 Å². The molecule has 2 aromatic rings. The second-order valence-electron chi connectivity index (χ2n) is 6.82. The molecule has 0 aliphatic carbocycles. The summed E-state index contributed by atoms with van der Waals surface area (Å²) in [4.78, 5) is 24.4. The van der Waals surface area contributed by atoms with Crippen molar-refractivity contribution in [2.45, 2.75) is 24.0 Å². The zero-order valence-corrected chi connectivity index (χ0v) is 19.2. The number of piperidine rings is 1. The van der Waals surface area contributed by atoms with Crippen LogP contribution < -0.4 is 5.32 Å². The van der Waals surface area contributed by atoms with Gasteiger partial charge in [-0.05, 0) is 42.8 Å². The smallest absolute Gasteiger partial charge is 0.309 e. The lowest BCUT2D eigenvalue weighted by molar-refractivity contribution is -0.152. The Labute approximate surface area is 189 Å². The molecule has 1 aromatic heterocycles. The van der Waals surface area contributed by atoms with E-state index in [1.807, 2.05) is 0 Å². The Morgan fingerprint density at radius 3 is 2.57 bits per heavy atom. The second kappa shape index (κ2) is 9.65. The summed E-state index contributed by atoms with van der Waals surface area (Å²) in [7, 11) is -3.53. The number of hydrogen-bond acceptors (Lipinski definition) is 6. The van der Waals surface area contributed by atoms with Crippen molar-refractivity contribution in [1.29, 1.82) is 0 Å². The van der Waals surface area contributed by atoms with E-state index in [1.165, 1.54) is 4.31 Å². The number of aryl methyl sites for hydroxylation is 1. The summed E-state index contributed by atoms with van der Waals surface area (Å²) >= 11 is 13.4. The maximum absolute atomic E-state index is 12.5. The topological polar surface area (TPSA) is 92.8 Å². The summed E-state index contributed by atoms with van der Waals surface area (Å²) < 4.78 is 31.8. The molecule has 0 saturated carbocycles. The van der Waals surface area contributed by atoms with Crippen molar-refractivity contribution in [2.75, 3.05) is 25.0 Å². The van der Waals surface area contributed by atoms with Gasteiger partial charge in [-0.25, -0.2) is 8.42 Å². The van der Waals surface area contributed by atoms with Crippen LogP contribution in [-0.4, -0.2) is 44.3 Å². The normalized spacial score (nSPS) is 15.7. The van der Waals surface area contributed by atoms with Gasteiger partial charge in [0, 0.05) is 13.1 Å². The SMILES string of the molecule is Cc1ccc(Cl)c(NC(=O)COC(=O)C2CCN(S(=O)(=O)c3cccs3)CC2)c1Cl. The maximum atomic E-state index is 12.5. The number of ether oxygens (including phenoxy) is 1. The van der Waals surface area contributed by atoms with Crippen LogP contribution in [0, 0.1) is 12.8 Å². The molecule has 1 aromatic carbocycles. The lowest BCUT2D eigenvalue weighted by Gasteiger charge is -2.29. The minimum atomic E-state index is -3.53. The number of benzene rings is 1. The van der Waals surface area contributed by atoms with Crippen molar-refractivity contribution in [3.63, 3.8) is 0 Å². The quantitative estimate of drug-likeness (QED) is 0.618. The van der Waals surface area contributed by atoms with E-state index in [1.54, 1.807) is 36.6 Å². The summed E-state index contributed by atoms with van der Waals surface area (Å²) in [6.45, 7) is 1.74. The molecular formula is C19H20Cl2N2O5S2. The minimum absolute atomic E-state index is 0.223. The van der Waals surface area contributed by atoms with Crippen molar-refractivity contribution < 1.29 is 22.7 Å². The molecule has 1 saturated heterocycles. The summed E-state index contributed by atoms with van der Waals surface area (Å²) in [5.41, 5.74) is 1.02. The average molecular weight is 491 g/mol. The Morgan fingerprint density at radius 2 is 1.93 bits per heavy atom. The maximum Gasteiger partial charge on any atom is 0.309 e. The summed E-state index contributed by atoms with van der Waals surface area (Å²) in [6.07, 6.45) is 0.668. The predicted octanol–water partition coefficient (Wildman–Crippen LogP) is 3.95. The first-order valence-electron chi connectivity index (χ1n) is 9.15. The van der Waals surface area contributed by atoms with Gasteiger partial charge in [0.15, 0.2) is 6.61 Å². The van der Waals surface area contributed by atoms with Crippen molar-refractivity contribution in [2.24, 2.45) is 5.92 Å².